The normalized spacial score (nSPS) is 22.1. The van der Waals surface area contributed by atoms with E-state index in [1.165, 1.54) is 5.56 Å². The SMILES string of the molecule is CC1CN(Cc2ccc(CN=C(N)Nc3ccc4c(c3)OCCCO4)cc2)CC(C)O1. The van der Waals surface area contributed by atoms with Crippen molar-refractivity contribution in [2.45, 2.75) is 45.6 Å². The highest BCUT2D eigenvalue weighted by Crippen LogP contribution is 2.32. The average molecular weight is 425 g/mol. The lowest BCUT2D eigenvalue weighted by Gasteiger charge is -2.35. The molecule has 2 aliphatic heterocycles. The van der Waals surface area contributed by atoms with Crippen molar-refractivity contribution in [3.05, 3.63) is 53.6 Å². The van der Waals surface area contributed by atoms with Crippen molar-refractivity contribution in [1.82, 2.24) is 4.90 Å². The highest BCUT2D eigenvalue weighted by atomic mass is 16.5. The third kappa shape index (κ3) is 6.12. The highest BCUT2D eigenvalue weighted by molar-refractivity contribution is 5.92. The van der Waals surface area contributed by atoms with E-state index in [1.807, 2.05) is 18.2 Å². The highest BCUT2D eigenvalue weighted by Gasteiger charge is 2.21. The molecule has 0 saturated carbocycles. The van der Waals surface area contributed by atoms with E-state index < -0.39 is 0 Å². The number of nitrogens with one attached hydrogen (secondary N) is 1. The third-order valence-corrected chi connectivity index (χ3v) is 5.38. The van der Waals surface area contributed by atoms with Gasteiger partial charge in [-0.25, -0.2) is 4.99 Å². The molecule has 2 aliphatic rings. The second-order valence-electron chi connectivity index (χ2n) is 8.31. The zero-order valence-electron chi connectivity index (χ0n) is 18.3. The summed E-state index contributed by atoms with van der Waals surface area (Å²) in [4.78, 5) is 6.92. The van der Waals surface area contributed by atoms with Crippen molar-refractivity contribution >= 4 is 11.6 Å². The predicted molar refractivity (Wildman–Crippen MR) is 123 cm³/mol. The van der Waals surface area contributed by atoms with Crippen LogP contribution in [0.15, 0.2) is 47.5 Å². The second-order valence-corrected chi connectivity index (χ2v) is 8.31. The zero-order chi connectivity index (χ0) is 21.6. The Balaban J connectivity index is 1.30. The van der Waals surface area contributed by atoms with E-state index in [0.717, 1.165) is 48.8 Å². The fourth-order valence-electron chi connectivity index (χ4n) is 4.03. The molecule has 0 bridgehead atoms. The maximum atomic E-state index is 6.09. The first-order chi connectivity index (χ1) is 15.0. The molecular formula is C24H32N4O3. The second kappa shape index (κ2) is 10.0. The van der Waals surface area contributed by atoms with Crippen LogP contribution in [0.2, 0.25) is 0 Å². The van der Waals surface area contributed by atoms with E-state index in [4.69, 9.17) is 19.9 Å². The van der Waals surface area contributed by atoms with Crippen molar-refractivity contribution in [3.63, 3.8) is 0 Å². The van der Waals surface area contributed by atoms with Crippen LogP contribution in [0.5, 0.6) is 11.5 Å². The molecule has 2 heterocycles. The molecule has 4 rings (SSSR count). The van der Waals surface area contributed by atoms with E-state index >= 15 is 0 Å². The van der Waals surface area contributed by atoms with Gasteiger partial charge in [-0.2, -0.15) is 0 Å². The van der Waals surface area contributed by atoms with Crippen LogP contribution in [0.25, 0.3) is 0 Å². The molecule has 0 amide bonds. The Kier molecular flexibility index (Phi) is 6.94. The Hall–Kier alpha value is -2.77. The van der Waals surface area contributed by atoms with Crippen LogP contribution in [0.1, 0.15) is 31.4 Å². The van der Waals surface area contributed by atoms with Crippen LogP contribution in [-0.2, 0) is 17.8 Å². The van der Waals surface area contributed by atoms with Crippen molar-refractivity contribution in [2.24, 2.45) is 10.7 Å². The number of ether oxygens (including phenoxy) is 3. The van der Waals surface area contributed by atoms with Gasteiger partial charge in [-0.05, 0) is 37.1 Å². The molecular weight excluding hydrogens is 392 g/mol. The van der Waals surface area contributed by atoms with Crippen molar-refractivity contribution in [3.8, 4) is 11.5 Å². The van der Waals surface area contributed by atoms with E-state index in [2.05, 4.69) is 53.3 Å². The van der Waals surface area contributed by atoms with Crippen LogP contribution in [-0.4, -0.2) is 49.4 Å². The minimum Gasteiger partial charge on any atom is -0.490 e. The number of hydrogen-bond donors (Lipinski definition) is 2. The summed E-state index contributed by atoms with van der Waals surface area (Å²) in [5, 5.41) is 3.13. The van der Waals surface area contributed by atoms with Crippen LogP contribution >= 0.6 is 0 Å². The van der Waals surface area contributed by atoms with E-state index in [-0.39, 0.29) is 12.2 Å². The molecule has 2 aromatic rings. The summed E-state index contributed by atoms with van der Waals surface area (Å²) in [6.07, 6.45) is 1.45. The molecule has 2 aromatic carbocycles. The smallest absolute Gasteiger partial charge is 0.193 e. The number of morpholine rings is 1. The summed E-state index contributed by atoms with van der Waals surface area (Å²) < 4.78 is 17.2. The Morgan fingerprint density at radius 3 is 2.42 bits per heavy atom. The third-order valence-electron chi connectivity index (χ3n) is 5.38. The minimum absolute atomic E-state index is 0.284. The number of anilines is 1. The van der Waals surface area contributed by atoms with Gasteiger partial charge in [-0.1, -0.05) is 24.3 Å². The van der Waals surface area contributed by atoms with Gasteiger partial charge in [0.25, 0.3) is 0 Å². The van der Waals surface area contributed by atoms with Gasteiger partial charge in [0.05, 0.1) is 32.0 Å². The van der Waals surface area contributed by atoms with Crippen molar-refractivity contribution in [1.29, 1.82) is 0 Å². The summed E-state index contributed by atoms with van der Waals surface area (Å²) in [5.74, 6) is 1.87. The number of benzene rings is 2. The largest absolute Gasteiger partial charge is 0.490 e. The molecule has 0 radical (unpaired) electrons. The lowest BCUT2D eigenvalue weighted by Crippen LogP contribution is -2.44. The Morgan fingerprint density at radius 1 is 1.00 bits per heavy atom. The van der Waals surface area contributed by atoms with Gasteiger partial charge in [-0.3, -0.25) is 4.90 Å². The standard InChI is InChI=1S/C24H32N4O3/c1-17-14-28(15-18(2)31-17)16-20-6-4-19(5-7-20)13-26-24(25)27-21-8-9-22-23(12-21)30-11-3-10-29-22/h4-9,12,17-18H,3,10-11,13-16H2,1-2H3,(H3,25,26,27). The average Bonchev–Trinajstić information content (AvgIpc) is 2.97. The van der Waals surface area contributed by atoms with Gasteiger partial charge in [0.15, 0.2) is 17.5 Å². The molecule has 7 heteroatoms. The van der Waals surface area contributed by atoms with Crippen molar-refractivity contribution in [2.75, 3.05) is 31.6 Å². The van der Waals surface area contributed by atoms with Gasteiger partial charge in [0.1, 0.15) is 0 Å². The first-order valence-corrected chi connectivity index (χ1v) is 11.0. The molecule has 1 saturated heterocycles. The summed E-state index contributed by atoms with van der Waals surface area (Å²) in [6, 6.07) is 14.3. The van der Waals surface area contributed by atoms with Crippen molar-refractivity contribution < 1.29 is 14.2 Å². The number of hydrogen-bond acceptors (Lipinski definition) is 5. The fourth-order valence-corrected chi connectivity index (χ4v) is 4.03. The van der Waals surface area contributed by atoms with Crippen LogP contribution in [0.3, 0.4) is 0 Å². The predicted octanol–water partition coefficient (Wildman–Crippen LogP) is 3.38. The maximum Gasteiger partial charge on any atom is 0.193 e. The van der Waals surface area contributed by atoms with Gasteiger partial charge in [0, 0.05) is 37.8 Å². The zero-order valence-corrected chi connectivity index (χ0v) is 18.3. The Labute approximate surface area is 184 Å². The maximum absolute atomic E-state index is 6.09. The molecule has 0 spiro atoms. The monoisotopic (exact) mass is 424 g/mol. The number of rotatable bonds is 5. The first-order valence-electron chi connectivity index (χ1n) is 11.0. The number of aliphatic imine (C=N–C) groups is 1. The summed E-state index contributed by atoms with van der Waals surface area (Å²) >= 11 is 0. The molecule has 0 aliphatic carbocycles. The lowest BCUT2D eigenvalue weighted by atomic mass is 10.1. The Morgan fingerprint density at radius 2 is 1.68 bits per heavy atom. The van der Waals surface area contributed by atoms with E-state index in [1.54, 1.807) is 0 Å². The van der Waals surface area contributed by atoms with Gasteiger partial charge >= 0.3 is 0 Å². The van der Waals surface area contributed by atoms with E-state index in [0.29, 0.717) is 25.7 Å². The topological polar surface area (TPSA) is 81.3 Å². The summed E-state index contributed by atoms with van der Waals surface area (Å²) in [6.45, 7) is 9.00. The van der Waals surface area contributed by atoms with Gasteiger partial charge < -0.3 is 25.3 Å². The Bertz CT molecular complexity index is 890. The number of nitrogens with zero attached hydrogens (tertiary/aromatic N) is 2. The van der Waals surface area contributed by atoms with Crippen LogP contribution < -0.4 is 20.5 Å². The van der Waals surface area contributed by atoms with Crippen LogP contribution in [0, 0.1) is 0 Å². The molecule has 0 aromatic heterocycles. The van der Waals surface area contributed by atoms with Gasteiger partial charge in [0.2, 0.25) is 0 Å². The summed E-state index contributed by atoms with van der Waals surface area (Å²) in [7, 11) is 0. The molecule has 31 heavy (non-hydrogen) atoms. The van der Waals surface area contributed by atoms with Crippen LogP contribution in [0.4, 0.5) is 5.69 Å². The fraction of sp³-hybridized carbons (Fsp3) is 0.458. The molecule has 2 atom stereocenters. The number of fused-ring (bicyclic) bond motifs is 1. The van der Waals surface area contributed by atoms with E-state index in [9.17, 15) is 0 Å². The quantitative estimate of drug-likeness (QED) is 0.566. The number of guanidine groups is 1. The molecule has 166 valence electrons. The molecule has 7 nitrogen and oxygen atoms in total. The minimum atomic E-state index is 0.284. The lowest BCUT2D eigenvalue weighted by molar-refractivity contribution is -0.0704. The number of nitrogens with two attached hydrogens (primary N) is 1. The molecule has 1 fully saturated rings. The first kappa shape index (κ1) is 21.5. The molecule has 3 N–H and O–H groups in total. The molecule has 2 unspecified atom stereocenters. The summed E-state index contributed by atoms with van der Waals surface area (Å²) in [5.41, 5.74) is 9.34. The van der Waals surface area contributed by atoms with Gasteiger partial charge in [-0.15, -0.1) is 0 Å².